The van der Waals surface area contributed by atoms with Gasteiger partial charge in [-0.15, -0.1) is 0 Å². The third kappa shape index (κ3) is 4.59. The number of hydrogen-bond donors (Lipinski definition) is 1. The van der Waals surface area contributed by atoms with Gasteiger partial charge in [-0.1, -0.05) is 33.1 Å². The molecule has 0 spiro atoms. The van der Waals surface area contributed by atoms with E-state index in [1.54, 1.807) is 0 Å². The largest absolute Gasteiger partial charge is 0.316 e. The lowest BCUT2D eigenvalue weighted by Crippen LogP contribution is -2.46. The van der Waals surface area contributed by atoms with Gasteiger partial charge in [-0.3, -0.25) is 0 Å². The minimum absolute atomic E-state index is 0.548. The van der Waals surface area contributed by atoms with Gasteiger partial charge in [0.1, 0.15) is 0 Å². The Bertz CT molecular complexity index is 197. The fourth-order valence-corrected chi connectivity index (χ4v) is 3.08. The molecule has 2 heteroatoms. The van der Waals surface area contributed by atoms with E-state index in [1.165, 1.54) is 51.6 Å². The molecule has 0 bridgehead atoms. The summed E-state index contributed by atoms with van der Waals surface area (Å²) in [5.74, 6) is 0. The van der Waals surface area contributed by atoms with E-state index in [0.29, 0.717) is 5.41 Å². The maximum absolute atomic E-state index is 3.59. The molecule has 17 heavy (non-hydrogen) atoms. The van der Waals surface area contributed by atoms with Crippen molar-refractivity contribution < 1.29 is 0 Å². The lowest BCUT2D eigenvalue weighted by atomic mass is 9.73. The Kier molecular flexibility index (Phi) is 6.50. The fraction of sp³-hybridized carbons (Fsp3) is 1.00. The summed E-state index contributed by atoms with van der Waals surface area (Å²) in [6.07, 6.45) is 8.40. The summed E-state index contributed by atoms with van der Waals surface area (Å²) < 4.78 is 0. The van der Waals surface area contributed by atoms with Crippen LogP contribution in [0.25, 0.3) is 0 Å². The molecule has 1 aliphatic rings. The van der Waals surface area contributed by atoms with Crippen molar-refractivity contribution in [1.29, 1.82) is 0 Å². The van der Waals surface area contributed by atoms with Gasteiger partial charge in [0.15, 0.2) is 0 Å². The summed E-state index contributed by atoms with van der Waals surface area (Å²) in [6, 6.07) is 0.718. The molecule has 0 saturated heterocycles. The van der Waals surface area contributed by atoms with Crippen LogP contribution in [0.4, 0.5) is 0 Å². The molecule has 1 aliphatic carbocycles. The Morgan fingerprint density at radius 1 is 1.18 bits per heavy atom. The van der Waals surface area contributed by atoms with Crippen molar-refractivity contribution >= 4 is 0 Å². The standard InChI is InChI=1S/C15H32N2/c1-5-14(3)17(4)13-15(12-16-6-2)10-8-7-9-11-15/h14,16H,5-13H2,1-4H3. The molecule has 0 radical (unpaired) electrons. The zero-order chi connectivity index (χ0) is 12.7. The van der Waals surface area contributed by atoms with Crippen molar-refractivity contribution in [2.24, 2.45) is 5.41 Å². The van der Waals surface area contributed by atoms with E-state index in [9.17, 15) is 0 Å². The molecule has 1 unspecified atom stereocenters. The van der Waals surface area contributed by atoms with Crippen molar-refractivity contribution in [3.8, 4) is 0 Å². The first kappa shape index (κ1) is 15.0. The number of rotatable bonds is 7. The van der Waals surface area contributed by atoms with Crippen LogP contribution in [0, 0.1) is 5.41 Å². The minimum Gasteiger partial charge on any atom is -0.316 e. The first-order chi connectivity index (χ1) is 8.13. The highest BCUT2D eigenvalue weighted by molar-refractivity contribution is 4.88. The van der Waals surface area contributed by atoms with Crippen LogP contribution < -0.4 is 5.32 Å². The molecule has 0 amide bonds. The summed E-state index contributed by atoms with van der Waals surface area (Å²) in [5.41, 5.74) is 0.548. The van der Waals surface area contributed by atoms with E-state index >= 15 is 0 Å². The second kappa shape index (κ2) is 7.38. The molecular formula is C15H32N2. The van der Waals surface area contributed by atoms with Gasteiger partial charge in [0.25, 0.3) is 0 Å². The second-order valence-electron chi connectivity index (χ2n) is 6.01. The zero-order valence-corrected chi connectivity index (χ0v) is 12.4. The smallest absolute Gasteiger partial charge is 0.00614 e. The Morgan fingerprint density at radius 2 is 1.82 bits per heavy atom. The van der Waals surface area contributed by atoms with E-state index in [4.69, 9.17) is 0 Å². The van der Waals surface area contributed by atoms with Crippen LogP contribution in [0.1, 0.15) is 59.3 Å². The van der Waals surface area contributed by atoms with E-state index in [2.05, 4.69) is 38.0 Å². The van der Waals surface area contributed by atoms with Crippen LogP contribution in [-0.2, 0) is 0 Å². The van der Waals surface area contributed by atoms with E-state index in [1.807, 2.05) is 0 Å². The van der Waals surface area contributed by atoms with Gasteiger partial charge in [0.05, 0.1) is 0 Å². The lowest BCUT2D eigenvalue weighted by Gasteiger charge is -2.42. The molecule has 2 nitrogen and oxygen atoms in total. The summed E-state index contributed by atoms with van der Waals surface area (Å²) >= 11 is 0. The number of nitrogens with zero attached hydrogens (tertiary/aromatic N) is 1. The van der Waals surface area contributed by atoms with Crippen LogP contribution in [0.2, 0.25) is 0 Å². The third-order valence-electron chi connectivity index (χ3n) is 4.59. The predicted octanol–water partition coefficient (Wildman–Crippen LogP) is 3.28. The quantitative estimate of drug-likeness (QED) is 0.735. The molecular weight excluding hydrogens is 208 g/mol. The van der Waals surface area contributed by atoms with Gasteiger partial charge in [-0.2, -0.15) is 0 Å². The number of hydrogen-bond acceptors (Lipinski definition) is 2. The van der Waals surface area contributed by atoms with Gasteiger partial charge < -0.3 is 10.2 Å². The molecule has 1 rings (SSSR count). The average Bonchev–Trinajstić information content (AvgIpc) is 2.36. The van der Waals surface area contributed by atoms with Gasteiger partial charge in [-0.25, -0.2) is 0 Å². The first-order valence-electron chi connectivity index (χ1n) is 7.54. The topological polar surface area (TPSA) is 15.3 Å². The van der Waals surface area contributed by atoms with E-state index in [0.717, 1.165) is 12.6 Å². The highest BCUT2D eigenvalue weighted by atomic mass is 15.1. The van der Waals surface area contributed by atoms with Gasteiger partial charge in [0, 0.05) is 19.1 Å². The van der Waals surface area contributed by atoms with Crippen LogP contribution >= 0.6 is 0 Å². The molecule has 1 saturated carbocycles. The highest BCUT2D eigenvalue weighted by Gasteiger charge is 2.33. The maximum Gasteiger partial charge on any atom is 0.00614 e. The average molecular weight is 240 g/mol. The molecule has 0 aromatic heterocycles. The normalized spacial score (nSPS) is 21.7. The maximum atomic E-state index is 3.59. The van der Waals surface area contributed by atoms with E-state index < -0.39 is 0 Å². The van der Waals surface area contributed by atoms with Crippen molar-refractivity contribution in [2.75, 3.05) is 26.7 Å². The Balaban J connectivity index is 2.55. The van der Waals surface area contributed by atoms with Crippen LogP contribution in [0.3, 0.4) is 0 Å². The molecule has 1 atom stereocenters. The monoisotopic (exact) mass is 240 g/mol. The predicted molar refractivity (Wildman–Crippen MR) is 76.4 cm³/mol. The fourth-order valence-electron chi connectivity index (χ4n) is 3.08. The van der Waals surface area contributed by atoms with Crippen molar-refractivity contribution in [2.45, 2.75) is 65.3 Å². The highest BCUT2D eigenvalue weighted by Crippen LogP contribution is 2.36. The second-order valence-corrected chi connectivity index (χ2v) is 6.01. The Hall–Kier alpha value is -0.0800. The third-order valence-corrected chi connectivity index (χ3v) is 4.59. The van der Waals surface area contributed by atoms with Gasteiger partial charge in [-0.05, 0) is 45.2 Å². The molecule has 1 N–H and O–H groups in total. The molecule has 0 aliphatic heterocycles. The molecule has 0 heterocycles. The summed E-state index contributed by atoms with van der Waals surface area (Å²) in [5, 5.41) is 3.59. The summed E-state index contributed by atoms with van der Waals surface area (Å²) in [6.45, 7) is 10.5. The van der Waals surface area contributed by atoms with Crippen LogP contribution in [0.15, 0.2) is 0 Å². The molecule has 1 fully saturated rings. The lowest BCUT2D eigenvalue weighted by molar-refractivity contribution is 0.0964. The van der Waals surface area contributed by atoms with E-state index in [-0.39, 0.29) is 0 Å². The van der Waals surface area contributed by atoms with Gasteiger partial charge in [0.2, 0.25) is 0 Å². The summed E-state index contributed by atoms with van der Waals surface area (Å²) in [4.78, 5) is 2.57. The van der Waals surface area contributed by atoms with Crippen LogP contribution in [-0.4, -0.2) is 37.6 Å². The first-order valence-corrected chi connectivity index (χ1v) is 7.54. The Morgan fingerprint density at radius 3 is 2.35 bits per heavy atom. The van der Waals surface area contributed by atoms with Gasteiger partial charge >= 0.3 is 0 Å². The number of nitrogens with one attached hydrogen (secondary N) is 1. The zero-order valence-electron chi connectivity index (χ0n) is 12.4. The molecule has 0 aromatic carbocycles. The van der Waals surface area contributed by atoms with Crippen molar-refractivity contribution in [3.05, 3.63) is 0 Å². The SMILES string of the molecule is CCNCC1(CN(C)C(C)CC)CCCCC1. The van der Waals surface area contributed by atoms with Crippen molar-refractivity contribution in [3.63, 3.8) is 0 Å². The summed E-state index contributed by atoms with van der Waals surface area (Å²) in [7, 11) is 2.30. The molecule has 102 valence electrons. The molecule has 0 aromatic rings. The van der Waals surface area contributed by atoms with Crippen LogP contribution in [0.5, 0.6) is 0 Å². The Labute approximate surface area is 108 Å². The minimum atomic E-state index is 0.548. The van der Waals surface area contributed by atoms with Crippen molar-refractivity contribution in [1.82, 2.24) is 10.2 Å².